The van der Waals surface area contributed by atoms with E-state index in [1.165, 1.54) is 0 Å². The van der Waals surface area contributed by atoms with Gasteiger partial charge in [0.25, 0.3) is 5.91 Å². The van der Waals surface area contributed by atoms with Gasteiger partial charge in [0, 0.05) is 37.2 Å². The van der Waals surface area contributed by atoms with E-state index in [2.05, 4.69) is 10.3 Å². The largest absolute Gasteiger partial charge is 0.416 e. The summed E-state index contributed by atoms with van der Waals surface area (Å²) in [6.45, 7) is -0.127. The number of nitrogens with zero attached hydrogens (tertiary/aromatic N) is 2. The quantitative estimate of drug-likeness (QED) is 0.578. The zero-order chi connectivity index (χ0) is 23.4. The molecular formula is C23H21F4N3O3. The molecule has 174 valence electrons. The van der Waals surface area contributed by atoms with Gasteiger partial charge in [0.1, 0.15) is 17.6 Å². The second-order valence-corrected chi connectivity index (χ2v) is 8.58. The Morgan fingerprint density at radius 2 is 2.06 bits per heavy atom. The predicted octanol–water partition coefficient (Wildman–Crippen LogP) is 3.78. The van der Waals surface area contributed by atoms with Crippen LogP contribution in [0.4, 0.5) is 17.6 Å². The number of fused-ring (bicyclic) bond motifs is 1. The van der Waals surface area contributed by atoms with Crippen molar-refractivity contribution >= 4 is 11.6 Å². The lowest BCUT2D eigenvalue weighted by molar-refractivity contribution is -0.137. The van der Waals surface area contributed by atoms with Crippen molar-refractivity contribution in [2.75, 3.05) is 13.2 Å². The normalized spacial score (nSPS) is 23.6. The van der Waals surface area contributed by atoms with Crippen molar-refractivity contribution in [3.05, 3.63) is 70.9 Å². The van der Waals surface area contributed by atoms with Crippen molar-refractivity contribution in [1.82, 2.24) is 14.7 Å². The average Bonchev–Trinajstić information content (AvgIpc) is 3.53. The highest BCUT2D eigenvalue weighted by molar-refractivity contribution is 6.00. The van der Waals surface area contributed by atoms with Crippen LogP contribution in [0.1, 0.15) is 52.2 Å². The monoisotopic (exact) mass is 463 g/mol. The van der Waals surface area contributed by atoms with E-state index in [4.69, 9.17) is 4.74 Å². The Labute approximate surface area is 186 Å². The second kappa shape index (κ2) is 7.81. The van der Waals surface area contributed by atoms with Crippen LogP contribution in [0, 0.1) is 5.82 Å². The molecule has 1 saturated carbocycles. The molecule has 2 fully saturated rings. The number of hydrogen-bond donors (Lipinski definition) is 2. The third-order valence-electron chi connectivity index (χ3n) is 6.40. The number of nitrogens with one attached hydrogen (secondary N) is 1. The molecule has 5 rings (SSSR count). The zero-order valence-electron chi connectivity index (χ0n) is 17.4. The van der Waals surface area contributed by atoms with Crippen LogP contribution in [0.2, 0.25) is 0 Å². The summed E-state index contributed by atoms with van der Waals surface area (Å²) in [5, 5.41) is 13.4. The number of ether oxygens (including phenoxy) is 1. The molecule has 2 unspecified atom stereocenters. The van der Waals surface area contributed by atoms with Crippen LogP contribution >= 0.6 is 0 Å². The van der Waals surface area contributed by atoms with Crippen LogP contribution in [0.25, 0.3) is 5.65 Å². The van der Waals surface area contributed by atoms with E-state index in [0.29, 0.717) is 17.6 Å². The molecule has 3 aromatic rings. The van der Waals surface area contributed by atoms with Crippen LogP contribution in [0.3, 0.4) is 0 Å². The van der Waals surface area contributed by atoms with E-state index in [1.807, 2.05) is 6.20 Å². The van der Waals surface area contributed by atoms with E-state index in [9.17, 15) is 27.5 Å². The lowest BCUT2D eigenvalue weighted by atomic mass is 9.79. The van der Waals surface area contributed by atoms with E-state index in [0.717, 1.165) is 30.5 Å². The van der Waals surface area contributed by atoms with Crippen molar-refractivity contribution < 1.29 is 32.2 Å². The fourth-order valence-electron chi connectivity index (χ4n) is 4.40. The smallest absolute Gasteiger partial charge is 0.388 e. The summed E-state index contributed by atoms with van der Waals surface area (Å²) in [4.78, 5) is 17.7. The average molecular weight is 463 g/mol. The maximum Gasteiger partial charge on any atom is 0.416 e. The molecule has 2 aromatic heterocycles. The molecule has 6 nitrogen and oxygen atoms in total. The van der Waals surface area contributed by atoms with E-state index in [-0.39, 0.29) is 30.8 Å². The van der Waals surface area contributed by atoms with Gasteiger partial charge in [-0.3, -0.25) is 4.79 Å². The van der Waals surface area contributed by atoms with Gasteiger partial charge in [-0.2, -0.15) is 13.2 Å². The van der Waals surface area contributed by atoms with Gasteiger partial charge in [0.05, 0.1) is 23.3 Å². The Hall–Kier alpha value is -2.98. The molecule has 2 atom stereocenters. The molecule has 2 N–H and O–H groups in total. The number of amides is 1. The van der Waals surface area contributed by atoms with Crippen LogP contribution in [0.15, 0.2) is 42.9 Å². The third kappa shape index (κ3) is 3.87. The van der Waals surface area contributed by atoms with Crippen molar-refractivity contribution in [3.63, 3.8) is 0 Å². The lowest BCUT2D eigenvalue weighted by Crippen LogP contribution is -2.58. The van der Waals surface area contributed by atoms with Crippen molar-refractivity contribution in [1.29, 1.82) is 0 Å². The Balaban J connectivity index is 1.51. The number of aliphatic hydroxyl groups excluding tert-OH is 1. The highest BCUT2D eigenvalue weighted by Gasteiger charge is 2.46. The Bertz CT molecular complexity index is 1220. The number of hydrogen-bond acceptors (Lipinski definition) is 4. The molecule has 1 aromatic carbocycles. The van der Waals surface area contributed by atoms with Crippen molar-refractivity contribution in [2.45, 2.75) is 43.0 Å². The van der Waals surface area contributed by atoms with Crippen molar-refractivity contribution in [2.24, 2.45) is 0 Å². The fraction of sp³-hybridized carbons (Fsp3) is 0.391. The van der Waals surface area contributed by atoms with E-state index >= 15 is 0 Å². The number of aromatic nitrogens is 2. The first-order valence-corrected chi connectivity index (χ1v) is 10.6. The summed E-state index contributed by atoms with van der Waals surface area (Å²) in [6.07, 6.45) is 1.41. The van der Waals surface area contributed by atoms with Gasteiger partial charge in [0.15, 0.2) is 0 Å². The van der Waals surface area contributed by atoms with E-state index < -0.39 is 35.1 Å². The van der Waals surface area contributed by atoms with Crippen LogP contribution in [0.5, 0.6) is 0 Å². The fourth-order valence-corrected chi connectivity index (χ4v) is 4.40. The van der Waals surface area contributed by atoms with E-state index in [1.54, 1.807) is 22.9 Å². The standard InChI is InChI=1S/C23H21F4N3O3/c24-18-9-15(23(25,26)27)3-4-17(18)22(6-8-33-12-19(22)31)29-21(32)16-5-7-30-11-14(13-1-2-13)10-28-20(16)30/h3-5,7,9-11,13,19,31H,1-2,6,8,12H2,(H,29,32). The number of aliphatic hydroxyl groups is 1. The molecule has 1 aliphatic heterocycles. The van der Waals surface area contributed by atoms with Gasteiger partial charge in [-0.15, -0.1) is 0 Å². The second-order valence-electron chi connectivity index (χ2n) is 8.58. The number of carbonyl (C=O) groups is 1. The summed E-state index contributed by atoms with van der Waals surface area (Å²) < 4.78 is 61.0. The van der Waals surface area contributed by atoms with Gasteiger partial charge in [-0.05, 0) is 42.5 Å². The summed E-state index contributed by atoms with van der Waals surface area (Å²) in [5.41, 5.74) is -1.36. The molecule has 0 spiro atoms. The zero-order valence-corrected chi connectivity index (χ0v) is 17.4. The number of carbonyl (C=O) groups excluding carboxylic acids is 1. The first-order chi connectivity index (χ1) is 15.7. The van der Waals surface area contributed by atoms with Crippen molar-refractivity contribution in [3.8, 4) is 0 Å². The third-order valence-corrected chi connectivity index (χ3v) is 6.40. The molecule has 3 heterocycles. The molecule has 2 aliphatic rings. The topological polar surface area (TPSA) is 75.9 Å². The lowest BCUT2D eigenvalue weighted by Gasteiger charge is -2.42. The van der Waals surface area contributed by atoms with Crippen LogP contribution in [-0.2, 0) is 16.5 Å². The molecule has 1 aliphatic carbocycles. The summed E-state index contributed by atoms with van der Waals surface area (Å²) in [5.74, 6) is -1.31. The Kier molecular flexibility index (Phi) is 5.17. The molecule has 0 bridgehead atoms. The number of benzene rings is 1. The summed E-state index contributed by atoms with van der Waals surface area (Å²) in [6, 6.07) is 3.64. The minimum absolute atomic E-state index is 0.0206. The molecule has 0 radical (unpaired) electrons. The highest BCUT2D eigenvalue weighted by atomic mass is 19.4. The van der Waals surface area contributed by atoms with Gasteiger partial charge in [-0.1, -0.05) is 6.07 Å². The maximum atomic E-state index is 14.9. The molecule has 1 amide bonds. The molecular weight excluding hydrogens is 442 g/mol. The highest BCUT2D eigenvalue weighted by Crippen LogP contribution is 2.40. The maximum absolute atomic E-state index is 14.9. The Morgan fingerprint density at radius 1 is 1.27 bits per heavy atom. The van der Waals surface area contributed by atoms with Gasteiger partial charge < -0.3 is 19.6 Å². The number of halogens is 4. The first kappa shape index (κ1) is 21.8. The predicted molar refractivity (Wildman–Crippen MR) is 109 cm³/mol. The minimum atomic E-state index is -4.72. The SMILES string of the molecule is O=C(NC1(c2ccc(C(F)(F)F)cc2F)CCOCC1O)c1ccn2cc(C3CC3)cnc12. The number of rotatable bonds is 4. The summed E-state index contributed by atoms with van der Waals surface area (Å²) in [7, 11) is 0. The molecule has 1 saturated heterocycles. The van der Waals surface area contributed by atoms with Gasteiger partial charge >= 0.3 is 6.18 Å². The summed E-state index contributed by atoms with van der Waals surface area (Å²) >= 11 is 0. The Morgan fingerprint density at radius 3 is 2.73 bits per heavy atom. The van der Waals surface area contributed by atoms with Gasteiger partial charge in [-0.25, -0.2) is 9.37 Å². The first-order valence-electron chi connectivity index (χ1n) is 10.6. The van der Waals surface area contributed by atoms with Crippen LogP contribution in [-0.4, -0.2) is 39.7 Å². The minimum Gasteiger partial charge on any atom is -0.388 e. The number of alkyl halides is 3. The van der Waals surface area contributed by atoms with Gasteiger partial charge in [0.2, 0.25) is 0 Å². The molecule has 33 heavy (non-hydrogen) atoms. The molecule has 10 heteroatoms. The van der Waals surface area contributed by atoms with Crippen LogP contribution < -0.4 is 5.32 Å².